The summed E-state index contributed by atoms with van der Waals surface area (Å²) in [5, 5.41) is 94.8. The molecule has 2 aliphatic rings. The van der Waals surface area contributed by atoms with Crippen LogP contribution in [0.25, 0.3) is 21.9 Å². The van der Waals surface area contributed by atoms with Crippen LogP contribution in [0.3, 0.4) is 0 Å². The molecule has 0 saturated carbocycles. The van der Waals surface area contributed by atoms with Gasteiger partial charge in [0.25, 0.3) is 5.91 Å². The van der Waals surface area contributed by atoms with Crippen molar-refractivity contribution in [2.75, 3.05) is 31.2 Å². The number of aliphatic hydroxyl groups is 9. The van der Waals surface area contributed by atoms with Crippen molar-refractivity contribution in [3.05, 3.63) is 52.7 Å². The van der Waals surface area contributed by atoms with Gasteiger partial charge in [0, 0.05) is 25.7 Å². The Balaban J connectivity index is 1.32. The Hall–Kier alpha value is -3.63. The summed E-state index contributed by atoms with van der Waals surface area (Å²) in [7, 11) is 0. The van der Waals surface area contributed by atoms with Crippen molar-refractivity contribution >= 4 is 39.9 Å². The van der Waals surface area contributed by atoms with Gasteiger partial charge < -0.3 is 69.5 Å². The molecule has 0 aliphatic carbocycles. The zero-order chi connectivity index (χ0) is 35.8. The molecule has 18 heteroatoms. The molecule has 9 N–H and O–H groups in total. The van der Waals surface area contributed by atoms with Crippen LogP contribution in [-0.2, 0) is 23.8 Å². The lowest BCUT2D eigenvalue weighted by Crippen LogP contribution is -2.74. The first-order valence-corrected chi connectivity index (χ1v) is 15.3. The van der Waals surface area contributed by atoms with Gasteiger partial charge >= 0.3 is 5.97 Å². The maximum atomic E-state index is 13.1. The monoisotopic (exact) mass is 694 g/mol. The second-order valence-corrected chi connectivity index (χ2v) is 11.8. The Morgan fingerprint density at radius 1 is 0.878 bits per heavy atom. The number of nitrogens with zero attached hydrogens (tertiary/aromatic N) is 2. The van der Waals surface area contributed by atoms with Gasteiger partial charge in [0.05, 0.1) is 24.0 Å². The molecule has 2 aromatic carbocycles. The maximum Gasteiger partial charge on any atom is 0.311 e. The first-order valence-electron chi connectivity index (χ1n) is 15.3. The van der Waals surface area contributed by atoms with E-state index >= 15 is 0 Å². The van der Waals surface area contributed by atoms with Gasteiger partial charge in [0.1, 0.15) is 47.8 Å². The Morgan fingerprint density at radius 3 is 2.20 bits per heavy atom. The Kier molecular flexibility index (Phi) is 10.7. The summed E-state index contributed by atoms with van der Waals surface area (Å²) in [6.07, 6.45) is -16.1. The van der Waals surface area contributed by atoms with Gasteiger partial charge in [0.2, 0.25) is 17.7 Å². The number of carbonyl (C=O) groups excluding carboxylic acids is 2. The molecule has 49 heavy (non-hydrogen) atoms. The molecular formula is C31H38N2O16. The van der Waals surface area contributed by atoms with Crippen LogP contribution < -0.4 is 10.3 Å². The van der Waals surface area contributed by atoms with Crippen LogP contribution in [0.15, 0.2) is 51.7 Å². The van der Waals surface area contributed by atoms with Gasteiger partial charge in [0.15, 0.2) is 12.2 Å². The second-order valence-electron chi connectivity index (χ2n) is 11.8. The van der Waals surface area contributed by atoms with Crippen LogP contribution in [0.5, 0.6) is 0 Å². The van der Waals surface area contributed by atoms with Crippen molar-refractivity contribution in [3.8, 4) is 0 Å². The zero-order valence-electron chi connectivity index (χ0n) is 26.1. The molecule has 5 rings (SSSR count). The van der Waals surface area contributed by atoms with Crippen molar-refractivity contribution < 1.29 is 74.2 Å². The number of para-hydroxylation sites is 1. The first-order chi connectivity index (χ1) is 23.2. The van der Waals surface area contributed by atoms with E-state index in [9.17, 15) is 60.3 Å². The number of benzene rings is 2. The standard InChI is InChI=1S/C31H38N2O16/c1-15(37)33(10-4-9-32(14-36)16-7-8-20-18(11-16)23(38)17-5-2-3-6-19(17)46-20)30(44)28(42)26(41)27(22(13-35)47-30)49-31(45)29(43)25(40)24(39)21(12-34)48-31/h2-3,5-8,11,14,21-22,24-29,34-35,39-45H,4,9-10,12-13H2,1H3/t21-,22-,24-,25+,26+,27-,28-,29-,30+,31+/m1/s1. The number of fused-ring (bicyclic) bond motifs is 2. The third kappa shape index (κ3) is 6.66. The third-order valence-corrected chi connectivity index (χ3v) is 8.72. The molecule has 3 aromatic rings. The Morgan fingerprint density at radius 2 is 1.55 bits per heavy atom. The van der Waals surface area contributed by atoms with E-state index in [1.54, 1.807) is 30.3 Å². The second kappa shape index (κ2) is 14.3. The van der Waals surface area contributed by atoms with Crippen molar-refractivity contribution in [1.82, 2.24) is 4.90 Å². The topological polar surface area (TPSA) is 281 Å². The number of carbonyl (C=O) groups is 2. The van der Waals surface area contributed by atoms with Crippen LogP contribution in [0.4, 0.5) is 5.69 Å². The van der Waals surface area contributed by atoms with Crippen molar-refractivity contribution in [3.63, 3.8) is 0 Å². The number of ether oxygens (including phenoxy) is 3. The molecule has 10 atom stereocenters. The number of anilines is 1. The maximum absolute atomic E-state index is 13.1. The summed E-state index contributed by atoms with van der Waals surface area (Å²) in [6.45, 7) is -1.47. The fourth-order valence-corrected chi connectivity index (χ4v) is 6.06. The van der Waals surface area contributed by atoms with Gasteiger partial charge in [-0.3, -0.25) is 19.3 Å². The summed E-state index contributed by atoms with van der Waals surface area (Å²) in [4.78, 5) is 39.8. The summed E-state index contributed by atoms with van der Waals surface area (Å²) >= 11 is 0. The van der Waals surface area contributed by atoms with Crippen LogP contribution in [0, 0.1) is 0 Å². The average Bonchev–Trinajstić information content (AvgIpc) is 3.09. The lowest BCUT2D eigenvalue weighted by atomic mass is 9.94. The summed E-state index contributed by atoms with van der Waals surface area (Å²) < 4.78 is 21.5. The van der Waals surface area contributed by atoms with Crippen molar-refractivity contribution in [1.29, 1.82) is 0 Å². The van der Waals surface area contributed by atoms with Gasteiger partial charge in [-0.15, -0.1) is 0 Å². The minimum Gasteiger partial charge on any atom is -0.456 e. The molecule has 0 radical (unpaired) electrons. The minimum absolute atomic E-state index is 0.0521. The molecular weight excluding hydrogens is 656 g/mol. The van der Waals surface area contributed by atoms with E-state index in [-0.39, 0.29) is 23.8 Å². The minimum atomic E-state index is -3.22. The number of rotatable bonds is 11. The van der Waals surface area contributed by atoms with Crippen LogP contribution in [0.1, 0.15) is 13.3 Å². The Bertz CT molecular complexity index is 1720. The summed E-state index contributed by atoms with van der Waals surface area (Å²) in [5.41, 5.74) is 0.695. The van der Waals surface area contributed by atoms with E-state index in [1.165, 1.54) is 17.0 Å². The van der Waals surface area contributed by atoms with Gasteiger partial charge in [-0.2, -0.15) is 0 Å². The van der Waals surface area contributed by atoms with Crippen molar-refractivity contribution in [2.24, 2.45) is 0 Å². The van der Waals surface area contributed by atoms with E-state index in [1.807, 2.05) is 0 Å². The zero-order valence-corrected chi connectivity index (χ0v) is 26.1. The lowest BCUT2D eigenvalue weighted by Gasteiger charge is -2.53. The summed E-state index contributed by atoms with van der Waals surface area (Å²) in [6, 6.07) is 11.2. The van der Waals surface area contributed by atoms with E-state index in [0.717, 1.165) is 6.92 Å². The molecule has 0 unspecified atom stereocenters. The molecule has 2 fully saturated rings. The average molecular weight is 695 g/mol. The van der Waals surface area contributed by atoms with E-state index in [2.05, 4.69) is 0 Å². The van der Waals surface area contributed by atoms with E-state index in [4.69, 9.17) is 18.6 Å². The third-order valence-electron chi connectivity index (χ3n) is 8.72. The SMILES string of the molecule is CC(=O)N(CCCN(C=O)c1ccc2oc3ccccc3c(=O)c2c1)[C@@]1(O)O[C@H](CO)[C@@H](O[C@@]2(O)O[C@H](CO)[C@@H](O)[C@H](O)[C@H]2O)[C@H](O)[C@H]1O. The van der Waals surface area contributed by atoms with Crippen LogP contribution in [0.2, 0.25) is 0 Å². The molecule has 2 aliphatic heterocycles. The normalized spacial score (nSPS) is 33.4. The molecule has 2 amide bonds. The summed E-state index contributed by atoms with van der Waals surface area (Å²) in [5.74, 6) is -7.10. The highest BCUT2D eigenvalue weighted by Gasteiger charge is 2.62. The van der Waals surface area contributed by atoms with Gasteiger partial charge in [-0.05, 0) is 36.8 Å². The molecule has 3 heterocycles. The number of hydrogen-bond donors (Lipinski definition) is 9. The number of amides is 2. The predicted molar refractivity (Wildman–Crippen MR) is 164 cm³/mol. The van der Waals surface area contributed by atoms with Gasteiger partial charge in [-0.25, -0.2) is 0 Å². The molecule has 2 saturated heterocycles. The largest absolute Gasteiger partial charge is 0.456 e. The lowest BCUT2D eigenvalue weighted by molar-refractivity contribution is -0.483. The highest BCUT2D eigenvalue weighted by Crippen LogP contribution is 2.37. The smallest absolute Gasteiger partial charge is 0.311 e. The van der Waals surface area contributed by atoms with Gasteiger partial charge in [-0.1, -0.05) is 12.1 Å². The fourth-order valence-electron chi connectivity index (χ4n) is 6.06. The molecule has 0 bridgehead atoms. The fraction of sp³-hybridized carbons (Fsp3) is 0.516. The Labute approximate surface area is 277 Å². The quantitative estimate of drug-likeness (QED) is 0.0533. The molecule has 0 spiro atoms. The van der Waals surface area contributed by atoms with E-state index in [0.29, 0.717) is 33.5 Å². The highest BCUT2D eigenvalue weighted by molar-refractivity contribution is 5.92. The van der Waals surface area contributed by atoms with Crippen LogP contribution in [-0.4, -0.2) is 150 Å². The number of aliphatic hydroxyl groups excluding tert-OH is 7. The van der Waals surface area contributed by atoms with E-state index < -0.39 is 86.4 Å². The highest BCUT2D eigenvalue weighted by atomic mass is 16.8. The molecule has 18 nitrogen and oxygen atoms in total. The van der Waals surface area contributed by atoms with Crippen LogP contribution >= 0.6 is 0 Å². The first kappa shape index (κ1) is 36.6. The number of hydrogen-bond acceptors (Lipinski definition) is 16. The molecule has 268 valence electrons. The molecule has 1 aromatic heterocycles. The van der Waals surface area contributed by atoms with Crippen molar-refractivity contribution in [2.45, 2.75) is 74.1 Å². The predicted octanol–water partition coefficient (Wildman–Crippen LogP) is -3.59.